The van der Waals surface area contributed by atoms with Crippen LogP contribution in [0.15, 0.2) is 18.2 Å². The fraction of sp³-hybridized carbons (Fsp3) is 0.385. The zero-order chi connectivity index (χ0) is 14.0. The van der Waals surface area contributed by atoms with Gasteiger partial charge in [-0.1, -0.05) is 6.07 Å². The van der Waals surface area contributed by atoms with Crippen molar-refractivity contribution in [3.8, 4) is 0 Å². The molecule has 0 bridgehead atoms. The van der Waals surface area contributed by atoms with Crippen LogP contribution in [0.5, 0.6) is 0 Å². The van der Waals surface area contributed by atoms with E-state index in [2.05, 4.69) is 27.9 Å². The molecule has 0 aromatic heterocycles. The van der Waals surface area contributed by atoms with Gasteiger partial charge in [-0.15, -0.1) is 0 Å². The number of hydrogen-bond acceptors (Lipinski definition) is 2. The summed E-state index contributed by atoms with van der Waals surface area (Å²) in [6.45, 7) is 2.42. The molecular formula is C13H15IN2O3. The number of halogens is 1. The lowest BCUT2D eigenvalue weighted by Crippen LogP contribution is -2.42. The molecule has 1 aromatic carbocycles. The van der Waals surface area contributed by atoms with E-state index in [1.165, 1.54) is 4.90 Å². The molecule has 0 radical (unpaired) electrons. The van der Waals surface area contributed by atoms with Crippen LogP contribution in [0, 0.1) is 10.5 Å². The summed E-state index contributed by atoms with van der Waals surface area (Å²) in [6, 6.07) is 4.60. The Hall–Kier alpha value is -1.31. The first kappa shape index (κ1) is 14.1. The monoisotopic (exact) mass is 374 g/mol. The highest BCUT2D eigenvalue weighted by molar-refractivity contribution is 14.1. The van der Waals surface area contributed by atoms with E-state index in [1.807, 2.05) is 25.1 Å². The van der Waals surface area contributed by atoms with Crippen LogP contribution >= 0.6 is 22.6 Å². The van der Waals surface area contributed by atoms with Crippen molar-refractivity contribution in [2.24, 2.45) is 0 Å². The number of carbonyl (C=O) groups is 2. The van der Waals surface area contributed by atoms with Crippen LogP contribution in [-0.2, 0) is 4.79 Å². The smallest absolute Gasteiger partial charge is 0.326 e. The van der Waals surface area contributed by atoms with Gasteiger partial charge in [-0.25, -0.2) is 9.59 Å². The van der Waals surface area contributed by atoms with Crippen LogP contribution in [0.25, 0.3) is 0 Å². The zero-order valence-corrected chi connectivity index (χ0v) is 12.7. The Morgan fingerprint density at radius 1 is 1.47 bits per heavy atom. The van der Waals surface area contributed by atoms with E-state index in [4.69, 9.17) is 5.11 Å². The minimum Gasteiger partial charge on any atom is -0.480 e. The molecule has 1 fully saturated rings. The predicted molar refractivity (Wildman–Crippen MR) is 80.3 cm³/mol. The maximum atomic E-state index is 12.1. The molecule has 1 heterocycles. The predicted octanol–water partition coefficient (Wildman–Crippen LogP) is 2.68. The summed E-state index contributed by atoms with van der Waals surface area (Å²) in [6.07, 6.45) is 1.25. The van der Waals surface area contributed by atoms with Crippen molar-refractivity contribution in [3.63, 3.8) is 0 Å². The van der Waals surface area contributed by atoms with Gasteiger partial charge in [0.05, 0.1) is 0 Å². The number of aliphatic carboxylic acids is 1. The number of carbonyl (C=O) groups excluding carboxylic acids is 1. The lowest BCUT2D eigenvalue weighted by molar-refractivity contribution is -0.141. The Labute approximate surface area is 125 Å². The Balaban J connectivity index is 2.13. The SMILES string of the molecule is Cc1c(I)cccc1NC(=O)N1CCCC1C(=O)O. The summed E-state index contributed by atoms with van der Waals surface area (Å²) >= 11 is 2.20. The molecule has 1 atom stereocenters. The molecule has 2 N–H and O–H groups in total. The lowest BCUT2D eigenvalue weighted by atomic mass is 10.2. The summed E-state index contributed by atoms with van der Waals surface area (Å²) in [7, 11) is 0. The molecule has 0 saturated carbocycles. The van der Waals surface area contributed by atoms with Crippen LogP contribution in [0.4, 0.5) is 10.5 Å². The molecule has 1 aliphatic rings. The molecule has 1 unspecified atom stereocenters. The summed E-state index contributed by atoms with van der Waals surface area (Å²) in [4.78, 5) is 24.6. The molecule has 19 heavy (non-hydrogen) atoms. The number of carboxylic acid groups (broad SMARTS) is 1. The number of anilines is 1. The van der Waals surface area contributed by atoms with Crippen molar-refractivity contribution in [1.82, 2.24) is 4.90 Å². The minimum absolute atomic E-state index is 0.338. The average Bonchev–Trinajstić information content (AvgIpc) is 2.84. The first-order chi connectivity index (χ1) is 9.00. The molecule has 0 aliphatic carbocycles. The molecule has 2 rings (SSSR count). The second kappa shape index (κ2) is 5.77. The normalized spacial score (nSPS) is 18.4. The number of nitrogens with one attached hydrogen (secondary N) is 1. The van der Waals surface area contributed by atoms with Crippen molar-refractivity contribution in [3.05, 3.63) is 27.3 Å². The number of nitrogens with zero attached hydrogens (tertiary/aromatic N) is 1. The van der Waals surface area contributed by atoms with Gasteiger partial charge in [0.15, 0.2) is 0 Å². The Bertz CT molecular complexity index is 519. The van der Waals surface area contributed by atoms with Gasteiger partial charge >= 0.3 is 12.0 Å². The number of rotatable bonds is 2. The molecule has 5 nitrogen and oxygen atoms in total. The Morgan fingerprint density at radius 3 is 2.89 bits per heavy atom. The van der Waals surface area contributed by atoms with E-state index >= 15 is 0 Å². The van der Waals surface area contributed by atoms with Crippen LogP contribution in [0.3, 0.4) is 0 Å². The van der Waals surface area contributed by atoms with E-state index in [9.17, 15) is 9.59 Å². The van der Waals surface area contributed by atoms with Gasteiger partial charge in [-0.05, 0) is 60.1 Å². The maximum Gasteiger partial charge on any atom is 0.326 e. The van der Waals surface area contributed by atoms with Gasteiger partial charge in [0.2, 0.25) is 0 Å². The van der Waals surface area contributed by atoms with E-state index in [-0.39, 0.29) is 6.03 Å². The summed E-state index contributed by atoms with van der Waals surface area (Å²) < 4.78 is 1.06. The first-order valence-electron chi connectivity index (χ1n) is 6.06. The number of carboxylic acids is 1. The van der Waals surface area contributed by atoms with Crippen molar-refractivity contribution in [2.75, 3.05) is 11.9 Å². The molecule has 0 spiro atoms. The van der Waals surface area contributed by atoms with E-state index in [0.717, 1.165) is 21.2 Å². The quantitative estimate of drug-likeness (QED) is 0.783. The third-order valence-corrected chi connectivity index (χ3v) is 4.48. The largest absolute Gasteiger partial charge is 0.480 e. The summed E-state index contributed by atoms with van der Waals surface area (Å²) in [5.41, 5.74) is 1.72. The highest BCUT2D eigenvalue weighted by Crippen LogP contribution is 2.23. The highest BCUT2D eigenvalue weighted by Gasteiger charge is 2.34. The molecule has 1 aliphatic heterocycles. The van der Waals surface area contributed by atoms with E-state index < -0.39 is 12.0 Å². The number of urea groups is 1. The fourth-order valence-electron chi connectivity index (χ4n) is 2.20. The Morgan fingerprint density at radius 2 is 2.21 bits per heavy atom. The second-order valence-corrected chi connectivity index (χ2v) is 5.69. The van der Waals surface area contributed by atoms with Crippen LogP contribution < -0.4 is 5.32 Å². The molecular weight excluding hydrogens is 359 g/mol. The second-order valence-electron chi connectivity index (χ2n) is 4.53. The molecule has 1 aromatic rings. The highest BCUT2D eigenvalue weighted by atomic mass is 127. The number of amides is 2. The first-order valence-corrected chi connectivity index (χ1v) is 7.14. The topological polar surface area (TPSA) is 69.6 Å². The summed E-state index contributed by atoms with van der Waals surface area (Å²) in [5, 5.41) is 11.9. The van der Waals surface area contributed by atoms with E-state index in [1.54, 1.807) is 0 Å². The van der Waals surface area contributed by atoms with Gasteiger partial charge in [0, 0.05) is 15.8 Å². The number of hydrogen-bond donors (Lipinski definition) is 2. The van der Waals surface area contributed by atoms with Crippen molar-refractivity contribution in [2.45, 2.75) is 25.8 Å². The van der Waals surface area contributed by atoms with Crippen molar-refractivity contribution >= 4 is 40.3 Å². The average molecular weight is 374 g/mol. The van der Waals surface area contributed by atoms with E-state index in [0.29, 0.717) is 13.0 Å². The van der Waals surface area contributed by atoms with Gasteiger partial charge in [0.25, 0.3) is 0 Å². The van der Waals surface area contributed by atoms with Gasteiger partial charge < -0.3 is 15.3 Å². The summed E-state index contributed by atoms with van der Waals surface area (Å²) in [5.74, 6) is -0.938. The standard InChI is InChI=1S/C13H15IN2O3/c1-8-9(14)4-2-5-10(8)15-13(19)16-7-3-6-11(16)12(17)18/h2,4-5,11H,3,6-7H2,1H3,(H,15,19)(H,17,18). The van der Waals surface area contributed by atoms with Crippen molar-refractivity contribution < 1.29 is 14.7 Å². The lowest BCUT2D eigenvalue weighted by Gasteiger charge is -2.22. The van der Waals surface area contributed by atoms with Crippen molar-refractivity contribution in [1.29, 1.82) is 0 Å². The molecule has 102 valence electrons. The van der Waals surface area contributed by atoms with Crippen LogP contribution in [0.2, 0.25) is 0 Å². The van der Waals surface area contributed by atoms with Gasteiger partial charge in [-0.3, -0.25) is 0 Å². The zero-order valence-electron chi connectivity index (χ0n) is 10.5. The van der Waals surface area contributed by atoms with Crippen LogP contribution in [0.1, 0.15) is 18.4 Å². The van der Waals surface area contributed by atoms with Crippen LogP contribution in [-0.4, -0.2) is 34.6 Å². The maximum absolute atomic E-state index is 12.1. The third kappa shape index (κ3) is 2.99. The minimum atomic E-state index is -0.938. The molecule has 1 saturated heterocycles. The number of likely N-dealkylation sites (tertiary alicyclic amines) is 1. The molecule has 6 heteroatoms. The fourth-order valence-corrected chi connectivity index (χ4v) is 2.69. The number of benzene rings is 1. The Kier molecular flexibility index (Phi) is 4.28. The van der Waals surface area contributed by atoms with Gasteiger partial charge in [-0.2, -0.15) is 0 Å². The van der Waals surface area contributed by atoms with Gasteiger partial charge in [0.1, 0.15) is 6.04 Å². The molecule has 2 amide bonds. The third-order valence-electron chi connectivity index (χ3n) is 3.31.